The molecule has 1 heterocycles. The standard InChI is InChI=1S/C41H78N2O6/c1-4-7-9-11-13-15-17-19-21-23-28-36-47-40(45)39(41(46)48-37-29-24-22-20-18-16-14-12-10-8-5-2)49-38(44)30-26-25-27-31-43-34-32-42(6-3)33-35-43/h39H,4-37H2,1-3H3. The number of hydrogen-bond acceptors (Lipinski definition) is 8. The summed E-state index contributed by atoms with van der Waals surface area (Å²) in [5.41, 5.74) is 0. The Hall–Kier alpha value is -1.67. The van der Waals surface area contributed by atoms with E-state index in [1.165, 1.54) is 103 Å². The van der Waals surface area contributed by atoms with E-state index in [1.54, 1.807) is 0 Å². The van der Waals surface area contributed by atoms with Crippen molar-refractivity contribution in [3.8, 4) is 0 Å². The highest BCUT2D eigenvalue weighted by atomic mass is 16.6. The molecule has 0 radical (unpaired) electrons. The van der Waals surface area contributed by atoms with Gasteiger partial charge in [0.25, 0.3) is 6.10 Å². The van der Waals surface area contributed by atoms with Crippen LogP contribution in [0.15, 0.2) is 0 Å². The number of nitrogens with zero attached hydrogens (tertiary/aromatic N) is 2. The fourth-order valence-corrected chi connectivity index (χ4v) is 6.52. The van der Waals surface area contributed by atoms with Gasteiger partial charge in [-0.1, -0.05) is 156 Å². The lowest BCUT2D eigenvalue weighted by Crippen LogP contribution is -2.46. The van der Waals surface area contributed by atoms with E-state index in [9.17, 15) is 14.4 Å². The van der Waals surface area contributed by atoms with Crippen molar-refractivity contribution in [3.05, 3.63) is 0 Å². The maximum absolute atomic E-state index is 12.9. The average Bonchev–Trinajstić information content (AvgIpc) is 3.11. The number of esters is 3. The van der Waals surface area contributed by atoms with Gasteiger partial charge in [-0.15, -0.1) is 0 Å². The highest BCUT2D eigenvalue weighted by Crippen LogP contribution is 2.14. The average molecular weight is 695 g/mol. The first-order valence-corrected chi connectivity index (χ1v) is 21.0. The van der Waals surface area contributed by atoms with Crippen LogP contribution in [-0.2, 0) is 28.6 Å². The van der Waals surface area contributed by atoms with Crippen LogP contribution in [0.25, 0.3) is 0 Å². The first-order chi connectivity index (χ1) is 24.0. The van der Waals surface area contributed by atoms with Crippen molar-refractivity contribution in [1.82, 2.24) is 9.80 Å². The van der Waals surface area contributed by atoms with Crippen LogP contribution in [-0.4, -0.2) is 86.3 Å². The summed E-state index contributed by atoms with van der Waals surface area (Å²) in [6, 6.07) is 0. The predicted molar refractivity (Wildman–Crippen MR) is 202 cm³/mol. The molecule has 0 saturated carbocycles. The van der Waals surface area contributed by atoms with Crippen LogP contribution < -0.4 is 0 Å². The lowest BCUT2D eigenvalue weighted by molar-refractivity contribution is -0.180. The van der Waals surface area contributed by atoms with Gasteiger partial charge in [0.15, 0.2) is 0 Å². The van der Waals surface area contributed by atoms with E-state index in [1.807, 2.05) is 0 Å². The van der Waals surface area contributed by atoms with Gasteiger partial charge in [0, 0.05) is 32.6 Å². The Morgan fingerprint density at radius 2 is 0.837 bits per heavy atom. The summed E-state index contributed by atoms with van der Waals surface area (Å²) in [5, 5.41) is 0. The SMILES string of the molecule is CCCCCCCCCCCCCOC(=O)C(OC(=O)CCCCCN1CCN(CC)CC1)C(=O)OCCCCCCCCCCCCC. The van der Waals surface area contributed by atoms with E-state index in [4.69, 9.17) is 14.2 Å². The molecule has 8 nitrogen and oxygen atoms in total. The molecule has 1 saturated heterocycles. The number of rotatable bonds is 34. The third-order valence-corrected chi connectivity index (χ3v) is 9.93. The van der Waals surface area contributed by atoms with Gasteiger partial charge < -0.3 is 24.0 Å². The summed E-state index contributed by atoms with van der Waals surface area (Å²) >= 11 is 0. The molecule has 1 aliphatic rings. The van der Waals surface area contributed by atoms with E-state index in [0.717, 1.165) is 90.6 Å². The number of hydrogen-bond donors (Lipinski definition) is 0. The minimum Gasteiger partial charge on any atom is -0.462 e. The topological polar surface area (TPSA) is 85.4 Å². The zero-order chi connectivity index (χ0) is 35.6. The highest BCUT2D eigenvalue weighted by molar-refractivity contribution is 5.99. The molecule has 0 aromatic rings. The van der Waals surface area contributed by atoms with Crippen LogP contribution >= 0.6 is 0 Å². The molecule has 0 N–H and O–H groups in total. The molecule has 0 atom stereocenters. The van der Waals surface area contributed by atoms with Crippen molar-refractivity contribution in [2.24, 2.45) is 0 Å². The van der Waals surface area contributed by atoms with Crippen molar-refractivity contribution in [2.75, 3.05) is 52.5 Å². The number of unbranched alkanes of at least 4 members (excludes halogenated alkanes) is 22. The van der Waals surface area contributed by atoms with Gasteiger partial charge in [0.05, 0.1) is 13.2 Å². The number of carbonyl (C=O) groups excluding carboxylic acids is 3. The Bertz CT molecular complexity index is 746. The second kappa shape index (κ2) is 33.5. The monoisotopic (exact) mass is 695 g/mol. The Morgan fingerprint density at radius 1 is 0.469 bits per heavy atom. The molecule has 1 aliphatic heterocycles. The minimum atomic E-state index is -1.64. The van der Waals surface area contributed by atoms with Gasteiger partial charge in [-0.2, -0.15) is 0 Å². The molecule has 0 spiro atoms. The molecule has 0 aromatic heterocycles. The smallest absolute Gasteiger partial charge is 0.359 e. The molecule has 49 heavy (non-hydrogen) atoms. The second-order valence-corrected chi connectivity index (χ2v) is 14.4. The van der Waals surface area contributed by atoms with Gasteiger partial charge in [-0.05, 0) is 38.8 Å². The van der Waals surface area contributed by atoms with Gasteiger partial charge in [-0.25, -0.2) is 9.59 Å². The van der Waals surface area contributed by atoms with Crippen molar-refractivity contribution >= 4 is 17.9 Å². The lowest BCUT2D eigenvalue weighted by atomic mass is 10.1. The van der Waals surface area contributed by atoms with Crippen molar-refractivity contribution in [2.45, 2.75) is 194 Å². The molecule has 0 bridgehead atoms. The number of ether oxygens (including phenoxy) is 3. The third-order valence-electron chi connectivity index (χ3n) is 9.93. The molecular weight excluding hydrogens is 616 g/mol. The van der Waals surface area contributed by atoms with Crippen molar-refractivity contribution in [3.63, 3.8) is 0 Å². The molecule has 0 aromatic carbocycles. The third kappa shape index (κ3) is 26.8. The summed E-state index contributed by atoms with van der Waals surface area (Å²) in [4.78, 5) is 43.5. The van der Waals surface area contributed by atoms with Gasteiger partial charge in [0.2, 0.25) is 0 Å². The van der Waals surface area contributed by atoms with E-state index in [2.05, 4.69) is 30.6 Å². The van der Waals surface area contributed by atoms with Gasteiger partial charge >= 0.3 is 17.9 Å². The Kier molecular flexibility index (Phi) is 31.0. The zero-order valence-corrected chi connectivity index (χ0v) is 32.5. The van der Waals surface area contributed by atoms with Crippen LogP contribution in [0.2, 0.25) is 0 Å². The number of likely N-dealkylation sites (N-methyl/N-ethyl adjacent to an activating group) is 1. The van der Waals surface area contributed by atoms with Crippen molar-refractivity contribution in [1.29, 1.82) is 0 Å². The Morgan fingerprint density at radius 3 is 1.24 bits per heavy atom. The van der Waals surface area contributed by atoms with Crippen LogP contribution in [0.1, 0.15) is 188 Å². The largest absolute Gasteiger partial charge is 0.462 e. The van der Waals surface area contributed by atoms with E-state index in [0.29, 0.717) is 6.42 Å². The fraction of sp³-hybridized carbons (Fsp3) is 0.927. The summed E-state index contributed by atoms with van der Waals surface area (Å²) in [6.07, 6.45) is 27.6. The van der Waals surface area contributed by atoms with E-state index >= 15 is 0 Å². The Labute approximate surface area is 302 Å². The molecule has 0 unspecified atom stereocenters. The quantitative estimate of drug-likeness (QED) is 0.0285. The molecule has 1 fully saturated rings. The first kappa shape index (κ1) is 45.4. The van der Waals surface area contributed by atoms with Gasteiger partial charge in [0.1, 0.15) is 0 Å². The molecule has 0 aliphatic carbocycles. The predicted octanol–water partition coefficient (Wildman–Crippen LogP) is 9.80. The van der Waals surface area contributed by atoms with Crippen LogP contribution in [0.3, 0.4) is 0 Å². The molecule has 1 rings (SSSR count). The first-order valence-electron chi connectivity index (χ1n) is 21.0. The molecule has 288 valence electrons. The van der Waals surface area contributed by atoms with Crippen molar-refractivity contribution < 1.29 is 28.6 Å². The second-order valence-electron chi connectivity index (χ2n) is 14.4. The van der Waals surface area contributed by atoms with Crippen LogP contribution in [0, 0.1) is 0 Å². The van der Waals surface area contributed by atoms with Crippen LogP contribution in [0.4, 0.5) is 0 Å². The molecule has 8 heteroatoms. The van der Waals surface area contributed by atoms with E-state index < -0.39 is 24.0 Å². The van der Waals surface area contributed by atoms with Gasteiger partial charge in [-0.3, -0.25) is 4.79 Å². The fourth-order valence-electron chi connectivity index (χ4n) is 6.52. The molecular formula is C41H78N2O6. The maximum atomic E-state index is 12.9. The summed E-state index contributed by atoms with van der Waals surface area (Å²) in [6.45, 7) is 13.7. The highest BCUT2D eigenvalue weighted by Gasteiger charge is 2.34. The van der Waals surface area contributed by atoms with Crippen LogP contribution in [0.5, 0.6) is 0 Å². The zero-order valence-electron chi connectivity index (χ0n) is 32.5. The summed E-state index contributed by atoms with van der Waals surface area (Å²) in [5.74, 6) is -2.16. The minimum absolute atomic E-state index is 0.178. The molecule has 0 amide bonds. The normalized spacial score (nSPS) is 14.0. The summed E-state index contributed by atoms with van der Waals surface area (Å²) in [7, 11) is 0. The lowest BCUT2D eigenvalue weighted by Gasteiger charge is -2.33. The number of piperazine rings is 1. The summed E-state index contributed by atoms with van der Waals surface area (Å²) < 4.78 is 16.2. The Balaban J connectivity index is 2.33. The number of carbonyl (C=O) groups is 3. The maximum Gasteiger partial charge on any atom is 0.359 e. The van der Waals surface area contributed by atoms with E-state index in [-0.39, 0.29) is 19.6 Å².